The number of fused-ring (bicyclic) bond motifs is 1. The van der Waals surface area contributed by atoms with Gasteiger partial charge in [0.1, 0.15) is 0 Å². The summed E-state index contributed by atoms with van der Waals surface area (Å²) in [5, 5.41) is 14.4. The van der Waals surface area contributed by atoms with Gasteiger partial charge in [-0.25, -0.2) is 0 Å². The third kappa shape index (κ3) is 1.37. The minimum atomic E-state index is -0.448. The Hall–Kier alpha value is -1.43. The molecule has 1 atom stereocenters. The van der Waals surface area contributed by atoms with Gasteiger partial charge in [0.2, 0.25) is 0 Å². The third-order valence-corrected chi connectivity index (χ3v) is 2.64. The first kappa shape index (κ1) is 9.14. The molecule has 0 amide bonds. The summed E-state index contributed by atoms with van der Waals surface area (Å²) in [5.41, 5.74) is 0.914. The van der Waals surface area contributed by atoms with Gasteiger partial charge in [-0.3, -0.25) is 4.90 Å². The van der Waals surface area contributed by atoms with E-state index in [2.05, 4.69) is 16.9 Å². The molecule has 1 aromatic heterocycles. The number of rotatable bonds is 1. The Kier molecular flexibility index (Phi) is 1.99. The Morgan fingerprint density at radius 3 is 3.07 bits per heavy atom. The Labute approximate surface area is 81.3 Å². The molecule has 0 bridgehead atoms. The molecule has 0 fully saturated rings. The van der Waals surface area contributed by atoms with Crippen molar-refractivity contribution in [2.45, 2.75) is 26.1 Å². The lowest BCUT2D eigenvalue weighted by Gasteiger charge is -2.28. The topological polar surface area (TPSA) is 64.2 Å². The molecule has 6 nitrogen and oxygen atoms in total. The van der Waals surface area contributed by atoms with Gasteiger partial charge in [0.25, 0.3) is 0 Å². The lowest BCUT2D eigenvalue weighted by atomic mass is 10.2. The van der Waals surface area contributed by atoms with Crippen molar-refractivity contribution in [2.75, 3.05) is 7.05 Å². The van der Waals surface area contributed by atoms with Crippen LogP contribution in [0.3, 0.4) is 0 Å². The average Bonchev–Trinajstić information content (AvgIpc) is 2.48. The highest BCUT2D eigenvalue weighted by atomic mass is 16.6. The maximum Gasteiger partial charge on any atom is 0.390 e. The zero-order valence-corrected chi connectivity index (χ0v) is 8.17. The average molecular weight is 196 g/mol. The van der Waals surface area contributed by atoms with E-state index in [1.165, 1.54) is 0 Å². The van der Waals surface area contributed by atoms with E-state index in [1.54, 1.807) is 10.7 Å². The van der Waals surface area contributed by atoms with Crippen LogP contribution in [0.25, 0.3) is 0 Å². The molecule has 1 unspecified atom stereocenters. The molecule has 76 valence electrons. The van der Waals surface area contributed by atoms with Gasteiger partial charge in [-0.1, -0.05) is 0 Å². The normalized spacial score (nSPS) is 22.0. The van der Waals surface area contributed by atoms with Crippen LogP contribution in [0.4, 0.5) is 5.82 Å². The highest BCUT2D eigenvalue weighted by Crippen LogP contribution is 2.19. The predicted octanol–water partition coefficient (Wildman–Crippen LogP) is 0.625. The van der Waals surface area contributed by atoms with Crippen LogP contribution in [0.1, 0.15) is 12.6 Å². The first-order chi connectivity index (χ1) is 6.58. The van der Waals surface area contributed by atoms with Crippen LogP contribution in [0, 0.1) is 10.1 Å². The summed E-state index contributed by atoms with van der Waals surface area (Å²) in [6.07, 6.45) is 0. The molecular formula is C8H12N4O2. The lowest BCUT2D eigenvalue weighted by molar-refractivity contribution is -0.389. The highest BCUT2D eigenvalue weighted by molar-refractivity contribution is 5.22. The zero-order valence-electron chi connectivity index (χ0n) is 8.17. The van der Waals surface area contributed by atoms with E-state index >= 15 is 0 Å². The molecule has 0 radical (unpaired) electrons. The molecule has 2 heterocycles. The van der Waals surface area contributed by atoms with Crippen molar-refractivity contribution >= 4 is 5.82 Å². The summed E-state index contributed by atoms with van der Waals surface area (Å²) < 4.78 is 1.72. The predicted molar refractivity (Wildman–Crippen MR) is 49.8 cm³/mol. The Morgan fingerprint density at radius 1 is 1.71 bits per heavy atom. The minimum Gasteiger partial charge on any atom is -0.358 e. The quantitative estimate of drug-likeness (QED) is 0.488. The molecule has 0 aliphatic carbocycles. The number of aromatic nitrogens is 2. The number of hydrogen-bond acceptors (Lipinski definition) is 4. The van der Waals surface area contributed by atoms with Gasteiger partial charge in [0.15, 0.2) is 0 Å². The monoisotopic (exact) mass is 196 g/mol. The lowest BCUT2D eigenvalue weighted by Crippen LogP contribution is -2.38. The molecule has 1 aliphatic rings. The fourth-order valence-electron chi connectivity index (χ4n) is 1.62. The van der Waals surface area contributed by atoms with Crippen LogP contribution >= 0.6 is 0 Å². The van der Waals surface area contributed by atoms with Crippen molar-refractivity contribution in [1.82, 2.24) is 14.7 Å². The van der Waals surface area contributed by atoms with Crippen molar-refractivity contribution in [1.29, 1.82) is 0 Å². The summed E-state index contributed by atoms with van der Waals surface area (Å²) in [4.78, 5) is 12.2. The molecule has 0 spiro atoms. The summed E-state index contributed by atoms with van der Waals surface area (Å²) in [6.45, 7) is 3.53. The largest absolute Gasteiger partial charge is 0.390 e. The molecule has 6 heteroatoms. The second-order valence-electron chi connectivity index (χ2n) is 3.70. The van der Waals surface area contributed by atoms with E-state index in [1.807, 2.05) is 7.05 Å². The van der Waals surface area contributed by atoms with Crippen molar-refractivity contribution in [3.05, 3.63) is 21.9 Å². The summed E-state index contributed by atoms with van der Waals surface area (Å²) in [6, 6.07) is 1.92. The summed E-state index contributed by atoms with van der Waals surface area (Å²) >= 11 is 0. The zero-order chi connectivity index (χ0) is 10.3. The van der Waals surface area contributed by atoms with Crippen LogP contribution in [-0.2, 0) is 13.1 Å². The molecule has 0 aromatic carbocycles. The highest BCUT2D eigenvalue weighted by Gasteiger charge is 2.26. The summed E-state index contributed by atoms with van der Waals surface area (Å²) in [7, 11) is 2.01. The fourth-order valence-corrected chi connectivity index (χ4v) is 1.62. The van der Waals surface area contributed by atoms with Crippen molar-refractivity contribution in [3.63, 3.8) is 0 Å². The van der Waals surface area contributed by atoms with Crippen molar-refractivity contribution < 1.29 is 4.92 Å². The summed E-state index contributed by atoms with van der Waals surface area (Å²) in [5.74, 6) is -0.0532. The van der Waals surface area contributed by atoms with Gasteiger partial charge >= 0.3 is 5.82 Å². The van der Waals surface area contributed by atoms with Gasteiger partial charge < -0.3 is 10.1 Å². The van der Waals surface area contributed by atoms with Gasteiger partial charge in [0.05, 0.1) is 23.4 Å². The van der Waals surface area contributed by atoms with Gasteiger partial charge in [0, 0.05) is 12.6 Å². The number of hydrogen-bond donors (Lipinski definition) is 0. The van der Waals surface area contributed by atoms with Crippen molar-refractivity contribution in [2.24, 2.45) is 0 Å². The minimum absolute atomic E-state index is 0.0532. The second-order valence-corrected chi connectivity index (χ2v) is 3.70. The van der Waals surface area contributed by atoms with Gasteiger partial charge in [-0.15, -0.1) is 0 Å². The number of likely N-dealkylation sites (N-methyl/N-ethyl adjacent to an activating group) is 1. The maximum absolute atomic E-state index is 10.5. The van der Waals surface area contributed by atoms with E-state index in [9.17, 15) is 10.1 Å². The fraction of sp³-hybridized carbons (Fsp3) is 0.625. The molecular weight excluding hydrogens is 184 g/mol. The standard InChI is InChI=1S/C8H12N4O2/c1-6-4-11-7(5-10(6)2)3-8(9-11)12(13)14/h3,6H,4-5H2,1-2H3. The molecule has 0 saturated carbocycles. The van der Waals surface area contributed by atoms with Crippen LogP contribution in [0.15, 0.2) is 6.07 Å². The smallest absolute Gasteiger partial charge is 0.358 e. The molecule has 0 saturated heterocycles. The SMILES string of the molecule is CC1Cn2nc([N+](=O)[O-])cc2CN1C. The Balaban J connectivity index is 2.34. The van der Waals surface area contributed by atoms with Crippen LogP contribution in [0.2, 0.25) is 0 Å². The van der Waals surface area contributed by atoms with Crippen LogP contribution in [-0.4, -0.2) is 32.7 Å². The van der Waals surface area contributed by atoms with Crippen LogP contribution < -0.4 is 0 Å². The van der Waals surface area contributed by atoms with E-state index in [4.69, 9.17) is 0 Å². The molecule has 14 heavy (non-hydrogen) atoms. The number of nitro groups is 1. The second kappa shape index (κ2) is 3.06. The van der Waals surface area contributed by atoms with E-state index in [-0.39, 0.29) is 5.82 Å². The first-order valence-electron chi connectivity index (χ1n) is 4.49. The van der Waals surface area contributed by atoms with E-state index in [0.717, 1.165) is 18.8 Å². The Morgan fingerprint density at radius 2 is 2.43 bits per heavy atom. The van der Waals surface area contributed by atoms with Crippen molar-refractivity contribution in [3.8, 4) is 0 Å². The molecule has 2 rings (SSSR count). The van der Waals surface area contributed by atoms with Gasteiger partial charge in [-0.05, 0) is 18.9 Å². The van der Waals surface area contributed by atoms with E-state index in [0.29, 0.717) is 6.04 Å². The Bertz CT molecular complexity index is 346. The van der Waals surface area contributed by atoms with Gasteiger partial charge in [-0.2, -0.15) is 4.68 Å². The molecule has 0 N–H and O–H groups in total. The van der Waals surface area contributed by atoms with E-state index < -0.39 is 4.92 Å². The van der Waals surface area contributed by atoms with Crippen LogP contribution in [0.5, 0.6) is 0 Å². The molecule has 1 aromatic rings. The third-order valence-electron chi connectivity index (χ3n) is 2.64. The first-order valence-corrected chi connectivity index (χ1v) is 4.49. The maximum atomic E-state index is 10.5. The number of nitrogens with zero attached hydrogens (tertiary/aromatic N) is 4. The molecule has 1 aliphatic heterocycles.